The molecule has 0 aromatic heterocycles. The second-order valence-electron chi connectivity index (χ2n) is 5.39. The van der Waals surface area contributed by atoms with Gasteiger partial charge in [-0.15, -0.1) is 0 Å². The Kier molecular flexibility index (Phi) is 4.91. The van der Waals surface area contributed by atoms with Crippen molar-refractivity contribution >= 4 is 11.4 Å². The molecule has 0 unspecified atom stereocenters. The predicted octanol–water partition coefficient (Wildman–Crippen LogP) is 2.56. The lowest BCUT2D eigenvalue weighted by Crippen LogP contribution is -2.25. The van der Waals surface area contributed by atoms with E-state index < -0.39 is 0 Å². The molecule has 0 amide bonds. The van der Waals surface area contributed by atoms with Crippen molar-refractivity contribution in [2.24, 2.45) is 0 Å². The first-order valence-electron chi connectivity index (χ1n) is 7.17. The maximum atomic E-state index is 5.90. The van der Waals surface area contributed by atoms with Gasteiger partial charge in [0.1, 0.15) is 5.75 Å². The lowest BCUT2D eigenvalue weighted by molar-refractivity contribution is 0.244. The van der Waals surface area contributed by atoms with E-state index in [1.807, 2.05) is 32.0 Å². The summed E-state index contributed by atoms with van der Waals surface area (Å²) in [6.07, 6.45) is 2.82. The van der Waals surface area contributed by atoms with Crippen molar-refractivity contribution in [1.82, 2.24) is 4.90 Å². The van der Waals surface area contributed by atoms with Gasteiger partial charge < -0.3 is 20.7 Å². The molecule has 1 aliphatic heterocycles. The zero-order valence-electron chi connectivity index (χ0n) is 12.0. The maximum Gasteiger partial charge on any atom is 0.144 e. The molecule has 2 rings (SSSR count). The number of rotatable bonds is 6. The first-order valence-corrected chi connectivity index (χ1v) is 7.17. The van der Waals surface area contributed by atoms with Crippen LogP contribution in [0.1, 0.15) is 26.7 Å². The Bertz CT molecular complexity index is 400. The van der Waals surface area contributed by atoms with Crippen LogP contribution < -0.4 is 15.8 Å². The number of nitrogens with zero attached hydrogens (tertiary/aromatic N) is 1. The van der Waals surface area contributed by atoms with Crippen LogP contribution in [0.25, 0.3) is 0 Å². The standard InChI is InChI=1S/C15H25N3O/c1-12(2)19-15-11-13(5-6-14(15)16)17-7-10-18-8-3-4-9-18/h5-6,11-12,17H,3-4,7-10,16H2,1-2H3. The van der Waals surface area contributed by atoms with E-state index in [0.717, 1.165) is 24.5 Å². The molecule has 106 valence electrons. The third-order valence-corrected chi connectivity index (χ3v) is 3.33. The predicted molar refractivity (Wildman–Crippen MR) is 80.8 cm³/mol. The number of nitrogen functional groups attached to an aromatic ring is 1. The molecular formula is C15H25N3O. The van der Waals surface area contributed by atoms with Crippen molar-refractivity contribution in [3.05, 3.63) is 18.2 Å². The number of benzene rings is 1. The van der Waals surface area contributed by atoms with Crippen LogP contribution in [-0.4, -0.2) is 37.2 Å². The molecular weight excluding hydrogens is 238 g/mol. The van der Waals surface area contributed by atoms with Gasteiger partial charge in [-0.3, -0.25) is 0 Å². The molecule has 1 aromatic rings. The van der Waals surface area contributed by atoms with Crippen LogP contribution in [0.2, 0.25) is 0 Å². The van der Waals surface area contributed by atoms with Crippen molar-refractivity contribution in [3.8, 4) is 5.75 Å². The van der Waals surface area contributed by atoms with E-state index in [2.05, 4.69) is 10.2 Å². The molecule has 3 N–H and O–H groups in total. The summed E-state index contributed by atoms with van der Waals surface area (Å²) in [7, 11) is 0. The number of nitrogens with one attached hydrogen (secondary N) is 1. The number of anilines is 2. The highest BCUT2D eigenvalue weighted by molar-refractivity contribution is 5.61. The molecule has 4 nitrogen and oxygen atoms in total. The van der Waals surface area contributed by atoms with Gasteiger partial charge in [-0.2, -0.15) is 0 Å². The second kappa shape index (κ2) is 6.66. The van der Waals surface area contributed by atoms with Crippen molar-refractivity contribution in [1.29, 1.82) is 0 Å². The molecule has 0 bridgehead atoms. The highest BCUT2D eigenvalue weighted by Crippen LogP contribution is 2.26. The van der Waals surface area contributed by atoms with E-state index in [1.165, 1.54) is 25.9 Å². The van der Waals surface area contributed by atoms with Gasteiger partial charge in [0.15, 0.2) is 0 Å². The van der Waals surface area contributed by atoms with E-state index in [1.54, 1.807) is 0 Å². The normalized spacial score (nSPS) is 15.9. The number of hydrogen-bond donors (Lipinski definition) is 2. The van der Waals surface area contributed by atoms with Crippen LogP contribution in [0.4, 0.5) is 11.4 Å². The second-order valence-corrected chi connectivity index (χ2v) is 5.39. The summed E-state index contributed by atoms with van der Waals surface area (Å²) in [5.74, 6) is 0.765. The molecule has 0 aliphatic carbocycles. The van der Waals surface area contributed by atoms with Crippen LogP contribution in [0.15, 0.2) is 18.2 Å². The number of ether oxygens (including phenoxy) is 1. The topological polar surface area (TPSA) is 50.5 Å². The Labute approximate surface area is 115 Å². The molecule has 0 radical (unpaired) electrons. The number of nitrogens with two attached hydrogens (primary N) is 1. The fraction of sp³-hybridized carbons (Fsp3) is 0.600. The largest absolute Gasteiger partial charge is 0.489 e. The van der Waals surface area contributed by atoms with E-state index in [9.17, 15) is 0 Å². The van der Waals surface area contributed by atoms with Crippen molar-refractivity contribution in [2.45, 2.75) is 32.8 Å². The van der Waals surface area contributed by atoms with Gasteiger partial charge in [-0.25, -0.2) is 0 Å². The molecule has 1 fully saturated rings. The van der Waals surface area contributed by atoms with Crippen molar-refractivity contribution in [2.75, 3.05) is 37.2 Å². The lowest BCUT2D eigenvalue weighted by Gasteiger charge is -2.17. The number of hydrogen-bond acceptors (Lipinski definition) is 4. The Morgan fingerprint density at radius 2 is 2.05 bits per heavy atom. The summed E-state index contributed by atoms with van der Waals surface area (Å²) in [6.45, 7) is 8.56. The van der Waals surface area contributed by atoms with Gasteiger partial charge in [0.25, 0.3) is 0 Å². The molecule has 0 spiro atoms. The number of likely N-dealkylation sites (tertiary alicyclic amines) is 1. The van der Waals surface area contributed by atoms with Crippen LogP contribution in [0.3, 0.4) is 0 Å². The summed E-state index contributed by atoms with van der Waals surface area (Å²) in [5.41, 5.74) is 7.67. The zero-order chi connectivity index (χ0) is 13.7. The third kappa shape index (κ3) is 4.31. The van der Waals surface area contributed by atoms with E-state index in [4.69, 9.17) is 10.5 Å². The van der Waals surface area contributed by atoms with Gasteiger partial charge in [0.2, 0.25) is 0 Å². The van der Waals surface area contributed by atoms with Crippen molar-refractivity contribution in [3.63, 3.8) is 0 Å². The quantitative estimate of drug-likeness (QED) is 0.775. The highest BCUT2D eigenvalue weighted by atomic mass is 16.5. The van der Waals surface area contributed by atoms with Crippen LogP contribution in [0.5, 0.6) is 5.75 Å². The zero-order valence-corrected chi connectivity index (χ0v) is 12.0. The van der Waals surface area contributed by atoms with E-state index in [0.29, 0.717) is 5.69 Å². The van der Waals surface area contributed by atoms with E-state index >= 15 is 0 Å². The first kappa shape index (κ1) is 14.0. The average Bonchev–Trinajstić information content (AvgIpc) is 2.86. The van der Waals surface area contributed by atoms with E-state index in [-0.39, 0.29) is 6.10 Å². The Morgan fingerprint density at radius 3 is 2.74 bits per heavy atom. The minimum absolute atomic E-state index is 0.141. The van der Waals surface area contributed by atoms with Crippen LogP contribution >= 0.6 is 0 Å². The summed E-state index contributed by atoms with van der Waals surface area (Å²) >= 11 is 0. The van der Waals surface area contributed by atoms with Gasteiger partial charge in [-0.1, -0.05) is 0 Å². The summed E-state index contributed by atoms with van der Waals surface area (Å²) in [5, 5.41) is 3.44. The minimum atomic E-state index is 0.141. The molecule has 1 heterocycles. The van der Waals surface area contributed by atoms with Crippen LogP contribution in [0, 0.1) is 0 Å². The molecule has 0 atom stereocenters. The lowest BCUT2D eigenvalue weighted by atomic mass is 10.2. The van der Waals surface area contributed by atoms with Gasteiger partial charge in [-0.05, 0) is 51.9 Å². The Morgan fingerprint density at radius 1 is 1.32 bits per heavy atom. The monoisotopic (exact) mass is 263 g/mol. The molecule has 1 aromatic carbocycles. The SMILES string of the molecule is CC(C)Oc1cc(NCCN2CCCC2)ccc1N. The highest BCUT2D eigenvalue weighted by Gasteiger charge is 2.10. The summed E-state index contributed by atoms with van der Waals surface area (Å²) in [6, 6.07) is 5.89. The third-order valence-electron chi connectivity index (χ3n) is 3.33. The molecule has 1 saturated heterocycles. The summed E-state index contributed by atoms with van der Waals surface area (Å²) < 4.78 is 5.69. The van der Waals surface area contributed by atoms with Crippen molar-refractivity contribution < 1.29 is 4.74 Å². The smallest absolute Gasteiger partial charge is 0.144 e. The Hall–Kier alpha value is -1.42. The molecule has 4 heteroatoms. The Balaban J connectivity index is 1.85. The molecule has 19 heavy (non-hydrogen) atoms. The fourth-order valence-corrected chi connectivity index (χ4v) is 2.36. The minimum Gasteiger partial charge on any atom is -0.489 e. The van der Waals surface area contributed by atoms with Gasteiger partial charge in [0.05, 0.1) is 11.8 Å². The van der Waals surface area contributed by atoms with Gasteiger partial charge in [0, 0.05) is 24.8 Å². The first-order chi connectivity index (χ1) is 9.15. The van der Waals surface area contributed by atoms with Crippen LogP contribution in [-0.2, 0) is 0 Å². The molecule has 1 aliphatic rings. The fourth-order valence-electron chi connectivity index (χ4n) is 2.36. The van der Waals surface area contributed by atoms with Gasteiger partial charge >= 0.3 is 0 Å². The summed E-state index contributed by atoms with van der Waals surface area (Å²) in [4.78, 5) is 2.50. The molecule has 0 saturated carbocycles. The maximum absolute atomic E-state index is 5.90. The average molecular weight is 263 g/mol.